The molecule has 4 N–H and O–H groups in total. The summed E-state index contributed by atoms with van der Waals surface area (Å²) < 4.78 is 0. The SMILES string of the molecule is NC1(C(=O)NCC(=O)O)CCCC1. The van der Waals surface area contributed by atoms with Crippen molar-refractivity contribution in [2.75, 3.05) is 6.54 Å². The minimum atomic E-state index is -1.05. The second-order valence-corrected chi connectivity index (χ2v) is 3.44. The second-order valence-electron chi connectivity index (χ2n) is 3.44. The maximum atomic E-state index is 11.4. The van der Waals surface area contributed by atoms with E-state index in [0.717, 1.165) is 12.8 Å². The first-order valence-corrected chi connectivity index (χ1v) is 4.33. The molecule has 0 atom stereocenters. The average molecular weight is 186 g/mol. The van der Waals surface area contributed by atoms with E-state index in [2.05, 4.69) is 5.32 Å². The summed E-state index contributed by atoms with van der Waals surface area (Å²) >= 11 is 0. The zero-order valence-electron chi connectivity index (χ0n) is 7.38. The molecule has 5 heteroatoms. The first-order valence-electron chi connectivity index (χ1n) is 4.33. The Kier molecular flexibility index (Phi) is 2.87. The summed E-state index contributed by atoms with van der Waals surface area (Å²) in [6.45, 7) is -0.349. The van der Waals surface area contributed by atoms with Crippen molar-refractivity contribution in [3.8, 4) is 0 Å². The Labute approximate surface area is 76.3 Å². The highest BCUT2D eigenvalue weighted by molar-refractivity contribution is 5.88. The first kappa shape index (κ1) is 9.98. The Morgan fingerprint density at radius 3 is 2.38 bits per heavy atom. The highest BCUT2D eigenvalue weighted by Crippen LogP contribution is 2.26. The molecule has 13 heavy (non-hydrogen) atoms. The Hall–Kier alpha value is -1.10. The third kappa shape index (κ3) is 2.42. The summed E-state index contributed by atoms with van der Waals surface area (Å²) in [6, 6.07) is 0. The molecule has 0 unspecified atom stereocenters. The van der Waals surface area contributed by atoms with E-state index < -0.39 is 11.5 Å². The molecule has 0 heterocycles. The molecule has 0 radical (unpaired) electrons. The number of hydrogen-bond donors (Lipinski definition) is 3. The third-order valence-electron chi connectivity index (χ3n) is 2.35. The predicted octanol–water partition coefficient (Wildman–Crippen LogP) is -0.541. The van der Waals surface area contributed by atoms with Crippen molar-refractivity contribution < 1.29 is 14.7 Å². The van der Waals surface area contributed by atoms with Crippen molar-refractivity contribution >= 4 is 11.9 Å². The van der Waals surface area contributed by atoms with Gasteiger partial charge in [-0.05, 0) is 12.8 Å². The molecule has 0 aromatic heterocycles. The maximum absolute atomic E-state index is 11.4. The van der Waals surface area contributed by atoms with E-state index >= 15 is 0 Å². The molecular formula is C8H14N2O3. The van der Waals surface area contributed by atoms with E-state index in [1.807, 2.05) is 0 Å². The van der Waals surface area contributed by atoms with Crippen LogP contribution in [-0.4, -0.2) is 29.1 Å². The maximum Gasteiger partial charge on any atom is 0.322 e. The number of nitrogens with two attached hydrogens (primary N) is 1. The van der Waals surface area contributed by atoms with Gasteiger partial charge in [-0.25, -0.2) is 0 Å². The number of carboxylic acids is 1. The van der Waals surface area contributed by atoms with Crippen molar-refractivity contribution in [2.45, 2.75) is 31.2 Å². The van der Waals surface area contributed by atoms with E-state index in [1.54, 1.807) is 0 Å². The van der Waals surface area contributed by atoms with E-state index in [-0.39, 0.29) is 12.5 Å². The van der Waals surface area contributed by atoms with Crippen LogP contribution in [0.4, 0.5) is 0 Å². The smallest absolute Gasteiger partial charge is 0.322 e. The summed E-state index contributed by atoms with van der Waals surface area (Å²) in [5.41, 5.74) is 4.96. The number of nitrogens with one attached hydrogen (secondary N) is 1. The molecule has 1 amide bonds. The molecule has 1 aliphatic rings. The molecule has 1 saturated carbocycles. The first-order chi connectivity index (χ1) is 6.04. The zero-order chi connectivity index (χ0) is 9.90. The van der Waals surface area contributed by atoms with Gasteiger partial charge in [-0.2, -0.15) is 0 Å². The Balaban J connectivity index is 2.42. The fraction of sp³-hybridized carbons (Fsp3) is 0.750. The quantitative estimate of drug-likeness (QED) is 0.552. The van der Waals surface area contributed by atoms with E-state index in [1.165, 1.54) is 0 Å². The molecule has 1 rings (SSSR count). The molecule has 1 aliphatic carbocycles. The van der Waals surface area contributed by atoms with E-state index in [0.29, 0.717) is 12.8 Å². The lowest BCUT2D eigenvalue weighted by molar-refractivity contribution is -0.138. The lowest BCUT2D eigenvalue weighted by Gasteiger charge is -2.21. The van der Waals surface area contributed by atoms with Crippen molar-refractivity contribution in [3.63, 3.8) is 0 Å². The van der Waals surface area contributed by atoms with Crippen LogP contribution in [0.3, 0.4) is 0 Å². The fourth-order valence-corrected chi connectivity index (χ4v) is 1.56. The van der Waals surface area contributed by atoms with Gasteiger partial charge < -0.3 is 16.2 Å². The fourth-order valence-electron chi connectivity index (χ4n) is 1.56. The van der Waals surface area contributed by atoms with Crippen LogP contribution in [0.25, 0.3) is 0 Å². The predicted molar refractivity (Wildman–Crippen MR) is 46.0 cm³/mol. The molecule has 0 bridgehead atoms. The van der Waals surface area contributed by atoms with Crippen molar-refractivity contribution in [3.05, 3.63) is 0 Å². The minimum Gasteiger partial charge on any atom is -0.480 e. The summed E-state index contributed by atoms with van der Waals surface area (Å²) in [5.74, 6) is -1.39. The summed E-state index contributed by atoms with van der Waals surface area (Å²) in [4.78, 5) is 21.5. The molecule has 0 aromatic rings. The molecule has 0 saturated heterocycles. The number of rotatable bonds is 3. The molecule has 0 spiro atoms. The van der Waals surface area contributed by atoms with Gasteiger partial charge in [0.15, 0.2) is 0 Å². The number of amides is 1. The molecule has 1 fully saturated rings. The van der Waals surface area contributed by atoms with Gasteiger partial charge >= 0.3 is 5.97 Å². The van der Waals surface area contributed by atoms with Crippen LogP contribution in [0.5, 0.6) is 0 Å². The average Bonchev–Trinajstić information content (AvgIpc) is 2.49. The molecule has 0 aromatic carbocycles. The number of hydrogen-bond acceptors (Lipinski definition) is 3. The van der Waals surface area contributed by atoms with Crippen LogP contribution in [0.1, 0.15) is 25.7 Å². The Morgan fingerprint density at radius 2 is 1.92 bits per heavy atom. The topological polar surface area (TPSA) is 92.4 Å². The number of aliphatic carboxylic acids is 1. The van der Waals surface area contributed by atoms with Gasteiger partial charge in [0.25, 0.3) is 0 Å². The molecule has 0 aliphatic heterocycles. The van der Waals surface area contributed by atoms with Crippen LogP contribution >= 0.6 is 0 Å². The number of carboxylic acid groups (broad SMARTS) is 1. The Bertz CT molecular complexity index is 221. The lowest BCUT2D eigenvalue weighted by atomic mass is 9.98. The second kappa shape index (κ2) is 3.74. The monoisotopic (exact) mass is 186 g/mol. The van der Waals surface area contributed by atoms with E-state index in [9.17, 15) is 9.59 Å². The van der Waals surface area contributed by atoms with Crippen LogP contribution in [0.15, 0.2) is 0 Å². The summed E-state index contributed by atoms with van der Waals surface area (Å²) in [5, 5.41) is 10.6. The van der Waals surface area contributed by atoms with Gasteiger partial charge in [0, 0.05) is 0 Å². The summed E-state index contributed by atoms with van der Waals surface area (Å²) in [6.07, 6.45) is 3.19. The van der Waals surface area contributed by atoms with Crippen molar-refractivity contribution in [2.24, 2.45) is 5.73 Å². The molecule has 74 valence electrons. The van der Waals surface area contributed by atoms with E-state index in [4.69, 9.17) is 10.8 Å². The number of carbonyl (C=O) groups excluding carboxylic acids is 1. The Morgan fingerprint density at radius 1 is 1.38 bits per heavy atom. The number of carbonyl (C=O) groups is 2. The lowest BCUT2D eigenvalue weighted by Crippen LogP contribution is -2.52. The van der Waals surface area contributed by atoms with Crippen molar-refractivity contribution in [1.29, 1.82) is 0 Å². The van der Waals surface area contributed by atoms with Gasteiger partial charge in [0.2, 0.25) is 5.91 Å². The third-order valence-corrected chi connectivity index (χ3v) is 2.35. The normalized spacial score (nSPS) is 19.8. The summed E-state index contributed by atoms with van der Waals surface area (Å²) in [7, 11) is 0. The van der Waals surface area contributed by atoms with Gasteiger partial charge in [-0.3, -0.25) is 9.59 Å². The minimum absolute atomic E-state index is 0.340. The highest BCUT2D eigenvalue weighted by Gasteiger charge is 2.36. The van der Waals surface area contributed by atoms with Crippen LogP contribution in [-0.2, 0) is 9.59 Å². The van der Waals surface area contributed by atoms with Gasteiger partial charge in [-0.15, -0.1) is 0 Å². The van der Waals surface area contributed by atoms with Gasteiger partial charge in [-0.1, -0.05) is 12.8 Å². The van der Waals surface area contributed by atoms with Crippen LogP contribution < -0.4 is 11.1 Å². The molecule has 5 nitrogen and oxygen atoms in total. The van der Waals surface area contributed by atoms with Gasteiger partial charge in [0.1, 0.15) is 6.54 Å². The van der Waals surface area contributed by atoms with Crippen molar-refractivity contribution in [1.82, 2.24) is 5.32 Å². The van der Waals surface area contributed by atoms with Gasteiger partial charge in [0.05, 0.1) is 5.54 Å². The standard InChI is InChI=1S/C8H14N2O3/c9-8(3-1-2-4-8)7(13)10-5-6(11)12/h1-5,9H2,(H,10,13)(H,11,12). The highest BCUT2D eigenvalue weighted by atomic mass is 16.4. The zero-order valence-corrected chi connectivity index (χ0v) is 7.38. The molecular weight excluding hydrogens is 172 g/mol. The largest absolute Gasteiger partial charge is 0.480 e. The van der Waals surface area contributed by atoms with Crippen LogP contribution in [0, 0.1) is 0 Å². The van der Waals surface area contributed by atoms with Crippen LogP contribution in [0.2, 0.25) is 0 Å².